The standard InChI is InChI=1S/C22H24N4O5S/c1-26(2)19-7-3-17(4-8-19)13-18(14-23)22(28)31-15-21(27)25-12-11-16-5-9-20(10-6-16)32(24,29)30/h3-10,13H,11-12,15H2,1-2H3,(H,25,27)(H2,24,29,30)/b18-13+. The molecular formula is C22H24N4O5S. The Hall–Kier alpha value is -3.68. The lowest BCUT2D eigenvalue weighted by Gasteiger charge is -2.11. The zero-order chi connectivity index (χ0) is 23.7. The Balaban J connectivity index is 1.82. The van der Waals surface area contributed by atoms with Gasteiger partial charge in [0.15, 0.2) is 6.61 Å². The van der Waals surface area contributed by atoms with E-state index in [1.165, 1.54) is 18.2 Å². The van der Waals surface area contributed by atoms with Crippen LogP contribution < -0.4 is 15.4 Å². The molecule has 0 saturated heterocycles. The molecular weight excluding hydrogens is 432 g/mol. The monoisotopic (exact) mass is 456 g/mol. The lowest BCUT2D eigenvalue weighted by Crippen LogP contribution is -2.30. The van der Waals surface area contributed by atoms with Gasteiger partial charge in [0, 0.05) is 26.3 Å². The third kappa shape index (κ3) is 7.54. The van der Waals surface area contributed by atoms with Gasteiger partial charge in [0.05, 0.1) is 4.90 Å². The topological polar surface area (TPSA) is 143 Å². The van der Waals surface area contributed by atoms with Gasteiger partial charge in [-0.05, 0) is 47.9 Å². The van der Waals surface area contributed by atoms with Crippen molar-refractivity contribution in [3.63, 3.8) is 0 Å². The normalized spacial score (nSPS) is 11.4. The van der Waals surface area contributed by atoms with Crippen LogP contribution in [0.25, 0.3) is 6.08 Å². The zero-order valence-corrected chi connectivity index (χ0v) is 18.6. The smallest absolute Gasteiger partial charge is 0.349 e. The fourth-order valence-corrected chi connectivity index (χ4v) is 3.14. The van der Waals surface area contributed by atoms with Crippen LogP contribution in [0.15, 0.2) is 59.0 Å². The van der Waals surface area contributed by atoms with Gasteiger partial charge in [-0.2, -0.15) is 5.26 Å². The average Bonchev–Trinajstić information content (AvgIpc) is 2.76. The lowest BCUT2D eigenvalue weighted by atomic mass is 10.1. The van der Waals surface area contributed by atoms with Crippen molar-refractivity contribution in [2.75, 3.05) is 32.1 Å². The fraction of sp³-hybridized carbons (Fsp3) is 0.227. The highest BCUT2D eigenvalue weighted by Crippen LogP contribution is 2.15. The molecule has 168 valence electrons. The number of sulfonamides is 1. The molecule has 32 heavy (non-hydrogen) atoms. The molecule has 10 heteroatoms. The van der Waals surface area contributed by atoms with E-state index in [0.29, 0.717) is 12.0 Å². The van der Waals surface area contributed by atoms with Crippen molar-refractivity contribution in [1.82, 2.24) is 5.32 Å². The first-order valence-electron chi connectivity index (χ1n) is 9.55. The second-order valence-corrected chi connectivity index (χ2v) is 8.58. The number of amides is 1. The summed E-state index contributed by atoms with van der Waals surface area (Å²) in [6.45, 7) is -0.272. The first kappa shape index (κ1) is 24.6. The Morgan fingerprint density at radius 2 is 1.75 bits per heavy atom. The molecule has 1 amide bonds. The van der Waals surface area contributed by atoms with Gasteiger partial charge in [-0.15, -0.1) is 0 Å². The molecule has 0 radical (unpaired) electrons. The van der Waals surface area contributed by atoms with Crippen LogP contribution in [0.5, 0.6) is 0 Å². The van der Waals surface area contributed by atoms with E-state index in [4.69, 9.17) is 9.88 Å². The number of anilines is 1. The van der Waals surface area contributed by atoms with Crippen LogP contribution in [0, 0.1) is 11.3 Å². The molecule has 3 N–H and O–H groups in total. The summed E-state index contributed by atoms with van der Waals surface area (Å²) < 4.78 is 27.4. The number of nitrogens with one attached hydrogen (secondary N) is 1. The van der Waals surface area contributed by atoms with Gasteiger partial charge in [0.2, 0.25) is 10.0 Å². The molecule has 0 aliphatic carbocycles. The molecule has 0 aliphatic rings. The average molecular weight is 457 g/mol. The highest BCUT2D eigenvalue weighted by atomic mass is 32.2. The number of esters is 1. The van der Waals surface area contributed by atoms with Crippen molar-refractivity contribution in [3.8, 4) is 6.07 Å². The number of carbonyl (C=O) groups excluding carboxylic acids is 2. The number of hydrogen-bond acceptors (Lipinski definition) is 7. The summed E-state index contributed by atoms with van der Waals surface area (Å²) in [5.41, 5.74) is 2.21. The number of benzene rings is 2. The predicted octanol–water partition coefficient (Wildman–Crippen LogP) is 1.21. The summed E-state index contributed by atoms with van der Waals surface area (Å²) in [5, 5.41) is 16.9. The van der Waals surface area contributed by atoms with Crippen molar-refractivity contribution < 1.29 is 22.7 Å². The maximum Gasteiger partial charge on any atom is 0.349 e. The SMILES string of the molecule is CN(C)c1ccc(/C=C(\C#N)C(=O)OCC(=O)NCCc2ccc(S(N)(=O)=O)cc2)cc1. The summed E-state index contributed by atoms with van der Waals surface area (Å²) >= 11 is 0. The Labute approximate surface area is 187 Å². The van der Waals surface area contributed by atoms with E-state index in [0.717, 1.165) is 11.3 Å². The largest absolute Gasteiger partial charge is 0.451 e. The highest BCUT2D eigenvalue weighted by Gasteiger charge is 2.13. The van der Waals surface area contributed by atoms with E-state index in [1.807, 2.05) is 31.1 Å². The molecule has 0 spiro atoms. The molecule has 2 rings (SSSR count). The molecule has 0 aromatic heterocycles. The molecule has 2 aromatic rings. The summed E-state index contributed by atoms with van der Waals surface area (Å²) in [6.07, 6.45) is 1.84. The van der Waals surface area contributed by atoms with Crippen LogP contribution in [0.2, 0.25) is 0 Å². The number of nitrogens with zero attached hydrogens (tertiary/aromatic N) is 2. The van der Waals surface area contributed by atoms with Crippen molar-refractivity contribution in [2.45, 2.75) is 11.3 Å². The highest BCUT2D eigenvalue weighted by molar-refractivity contribution is 7.89. The van der Waals surface area contributed by atoms with E-state index in [-0.39, 0.29) is 17.0 Å². The number of carbonyl (C=O) groups is 2. The van der Waals surface area contributed by atoms with Crippen LogP contribution >= 0.6 is 0 Å². The number of rotatable bonds is 9. The number of nitrogens with two attached hydrogens (primary N) is 1. The van der Waals surface area contributed by atoms with Gasteiger partial charge < -0.3 is 15.0 Å². The zero-order valence-electron chi connectivity index (χ0n) is 17.7. The molecule has 0 atom stereocenters. The molecule has 0 bridgehead atoms. The predicted molar refractivity (Wildman–Crippen MR) is 120 cm³/mol. The van der Waals surface area contributed by atoms with Crippen molar-refractivity contribution in [1.29, 1.82) is 5.26 Å². The molecule has 0 heterocycles. The summed E-state index contributed by atoms with van der Waals surface area (Å²) in [4.78, 5) is 25.9. The van der Waals surface area contributed by atoms with Gasteiger partial charge in [-0.1, -0.05) is 24.3 Å². The Morgan fingerprint density at radius 3 is 2.28 bits per heavy atom. The van der Waals surface area contributed by atoms with Gasteiger partial charge in [0.1, 0.15) is 11.6 Å². The van der Waals surface area contributed by atoms with E-state index in [9.17, 15) is 23.3 Å². The van der Waals surface area contributed by atoms with Gasteiger partial charge in [-0.25, -0.2) is 18.4 Å². The minimum Gasteiger partial charge on any atom is -0.451 e. The second kappa shape index (κ2) is 11.1. The van der Waals surface area contributed by atoms with E-state index >= 15 is 0 Å². The van der Waals surface area contributed by atoms with Crippen LogP contribution in [0.4, 0.5) is 5.69 Å². The molecule has 0 fully saturated rings. The maximum absolute atomic E-state index is 12.1. The molecule has 0 saturated carbocycles. The van der Waals surface area contributed by atoms with E-state index in [2.05, 4.69) is 5.32 Å². The minimum atomic E-state index is -3.75. The van der Waals surface area contributed by atoms with E-state index < -0.39 is 28.5 Å². The fourth-order valence-electron chi connectivity index (χ4n) is 2.62. The van der Waals surface area contributed by atoms with Crippen molar-refractivity contribution in [2.24, 2.45) is 5.14 Å². The first-order chi connectivity index (χ1) is 15.1. The van der Waals surface area contributed by atoms with Crippen molar-refractivity contribution >= 4 is 33.7 Å². The van der Waals surface area contributed by atoms with Crippen LogP contribution in [0.3, 0.4) is 0 Å². The van der Waals surface area contributed by atoms with Gasteiger partial charge >= 0.3 is 5.97 Å². The third-order valence-corrected chi connectivity index (χ3v) is 5.31. The number of hydrogen-bond donors (Lipinski definition) is 2. The summed E-state index contributed by atoms with van der Waals surface area (Å²) in [6, 6.07) is 15.0. The lowest BCUT2D eigenvalue weighted by molar-refractivity contribution is -0.144. The quantitative estimate of drug-likeness (QED) is 0.328. The maximum atomic E-state index is 12.1. The molecule has 2 aromatic carbocycles. The van der Waals surface area contributed by atoms with Crippen molar-refractivity contribution in [3.05, 3.63) is 65.2 Å². The Morgan fingerprint density at radius 1 is 1.12 bits per heavy atom. The van der Waals surface area contributed by atoms with Crippen LogP contribution in [0.1, 0.15) is 11.1 Å². The van der Waals surface area contributed by atoms with Crippen LogP contribution in [-0.2, 0) is 30.8 Å². The number of nitriles is 1. The third-order valence-electron chi connectivity index (χ3n) is 4.38. The van der Waals surface area contributed by atoms with Crippen LogP contribution in [-0.4, -0.2) is 47.5 Å². The molecule has 9 nitrogen and oxygen atoms in total. The number of primary sulfonamides is 1. The summed E-state index contributed by atoms with van der Waals surface area (Å²) in [5.74, 6) is -1.41. The first-order valence-corrected chi connectivity index (χ1v) is 11.1. The number of ether oxygens (including phenoxy) is 1. The molecule has 0 unspecified atom stereocenters. The van der Waals surface area contributed by atoms with E-state index in [1.54, 1.807) is 30.3 Å². The summed E-state index contributed by atoms with van der Waals surface area (Å²) in [7, 11) is 0.0502. The second-order valence-electron chi connectivity index (χ2n) is 7.02. The molecule has 0 aliphatic heterocycles. The van der Waals surface area contributed by atoms with Gasteiger partial charge in [0.25, 0.3) is 5.91 Å². The Bertz CT molecular complexity index is 1130. The Kier molecular flexibility index (Phi) is 8.52. The van der Waals surface area contributed by atoms with Gasteiger partial charge in [-0.3, -0.25) is 4.79 Å². The minimum absolute atomic E-state index is 0.00666.